The third-order valence-corrected chi connectivity index (χ3v) is 2.31. The number of carbonyl (C=O) groups excluding carboxylic acids is 1. The van der Waals surface area contributed by atoms with Crippen LogP contribution >= 0.6 is 0 Å². The molecule has 0 radical (unpaired) electrons. The average molecular weight is 245 g/mol. The van der Waals surface area contributed by atoms with Gasteiger partial charge in [-0.25, -0.2) is 4.79 Å². The van der Waals surface area contributed by atoms with Crippen molar-refractivity contribution in [2.75, 3.05) is 27.2 Å². The average Bonchev–Trinajstić information content (AvgIpc) is 2.36. The van der Waals surface area contributed by atoms with Crippen molar-refractivity contribution in [1.82, 2.24) is 4.90 Å². The maximum atomic E-state index is 11.6. The number of benzene rings is 1. The summed E-state index contributed by atoms with van der Waals surface area (Å²) in [5.41, 5.74) is 1.39. The lowest BCUT2D eigenvalue weighted by atomic mass is 10.2. The van der Waals surface area contributed by atoms with E-state index in [-0.39, 0.29) is 5.97 Å². The van der Waals surface area contributed by atoms with E-state index in [1.807, 2.05) is 55.4 Å². The van der Waals surface area contributed by atoms with E-state index in [0.717, 1.165) is 5.56 Å². The number of ether oxygens (including phenoxy) is 1. The van der Waals surface area contributed by atoms with Gasteiger partial charge in [0, 0.05) is 6.54 Å². The Morgan fingerprint density at radius 1 is 1.33 bits per heavy atom. The van der Waals surface area contributed by atoms with Crippen LogP contribution in [-0.4, -0.2) is 38.1 Å². The van der Waals surface area contributed by atoms with Crippen LogP contribution < -0.4 is 0 Å². The number of carbonyl (C=O) groups is 1. The van der Waals surface area contributed by atoms with E-state index in [2.05, 4.69) is 6.58 Å². The van der Waals surface area contributed by atoms with Gasteiger partial charge < -0.3 is 9.64 Å². The summed E-state index contributed by atoms with van der Waals surface area (Å²) < 4.78 is 5.07. The Hall–Kier alpha value is -1.87. The molecule has 0 aliphatic heterocycles. The third-order valence-electron chi connectivity index (χ3n) is 2.31. The molecule has 0 unspecified atom stereocenters. The number of hydrogen-bond donors (Lipinski definition) is 0. The number of rotatable bonds is 6. The van der Waals surface area contributed by atoms with Crippen LogP contribution in [0.15, 0.2) is 48.6 Å². The van der Waals surface area contributed by atoms with Gasteiger partial charge in [0.15, 0.2) is 0 Å². The zero-order valence-electron chi connectivity index (χ0n) is 10.9. The van der Waals surface area contributed by atoms with Crippen molar-refractivity contribution in [3.8, 4) is 0 Å². The molecule has 0 aliphatic carbocycles. The summed E-state index contributed by atoms with van der Waals surface area (Å²) in [4.78, 5) is 13.5. The van der Waals surface area contributed by atoms with Gasteiger partial charge in [-0.2, -0.15) is 0 Å². The number of esters is 1. The van der Waals surface area contributed by atoms with Crippen LogP contribution in [0, 0.1) is 0 Å². The van der Waals surface area contributed by atoms with Crippen LogP contribution in [-0.2, 0) is 9.53 Å². The molecule has 1 aromatic carbocycles. The molecule has 0 aromatic heterocycles. The maximum Gasteiger partial charge on any atom is 0.337 e. The molecule has 3 heteroatoms. The van der Waals surface area contributed by atoms with Crippen molar-refractivity contribution in [1.29, 1.82) is 0 Å². The first kappa shape index (κ1) is 14.2. The molecule has 0 saturated carbocycles. The number of nitrogens with zero attached hydrogens (tertiary/aromatic N) is 1. The highest BCUT2D eigenvalue weighted by Crippen LogP contribution is 2.05. The molecular weight excluding hydrogens is 226 g/mol. The zero-order chi connectivity index (χ0) is 13.4. The quantitative estimate of drug-likeness (QED) is 0.438. The molecule has 1 rings (SSSR count). The molecule has 0 fully saturated rings. The molecular formula is C15H19NO2. The second-order valence-corrected chi connectivity index (χ2v) is 4.21. The Morgan fingerprint density at radius 3 is 2.61 bits per heavy atom. The fourth-order valence-electron chi connectivity index (χ4n) is 1.24. The van der Waals surface area contributed by atoms with Crippen molar-refractivity contribution in [3.63, 3.8) is 0 Å². The topological polar surface area (TPSA) is 29.5 Å². The lowest BCUT2D eigenvalue weighted by Crippen LogP contribution is -2.20. The molecule has 18 heavy (non-hydrogen) atoms. The van der Waals surface area contributed by atoms with E-state index in [4.69, 9.17) is 4.74 Å². The molecule has 3 nitrogen and oxygen atoms in total. The Morgan fingerprint density at radius 2 is 2.00 bits per heavy atom. The van der Waals surface area contributed by atoms with Gasteiger partial charge in [0.25, 0.3) is 0 Å². The summed E-state index contributed by atoms with van der Waals surface area (Å²) in [6.07, 6.45) is 3.52. The Bertz CT molecular complexity index is 421. The first-order valence-electron chi connectivity index (χ1n) is 5.83. The molecule has 1 aromatic rings. The van der Waals surface area contributed by atoms with Crippen LogP contribution in [0.5, 0.6) is 0 Å². The van der Waals surface area contributed by atoms with Crippen LogP contribution in [0.2, 0.25) is 0 Å². The van der Waals surface area contributed by atoms with Gasteiger partial charge in [-0.15, -0.1) is 0 Å². The fourth-order valence-corrected chi connectivity index (χ4v) is 1.24. The smallest absolute Gasteiger partial charge is 0.337 e. The van der Waals surface area contributed by atoms with E-state index in [0.29, 0.717) is 18.7 Å². The van der Waals surface area contributed by atoms with E-state index in [9.17, 15) is 4.79 Å². The number of likely N-dealkylation sites (N-methyl/N-ethyl adjacent to an activating group) is 1. The molecule has 0 saturated heterocycles. The third kappa shape index (κ3) is 5.46. The highest BCUT2D eigenvalue weighted by Gasteiger charge is 2.04. The predicted octanol–water partition coefficient (Wildman–Crippen LogP) is 2.36. The predicted molar refractivity (Wildman–Crippen MR) is 74.1 cm³/mol. The molecule has 0 amide bonds. The van der Waals surface area contributed by atoms with Crippen LogP contribution in [0.25, 0.3) is 6.08 Å². The molecule has 0 heterocycles. The minimum Gasteiger partial charge on any atom is -0.461 e. The maximum absolute atomic E-state index is 11.6. The standard InChI is InChI=1S/C15H19NO2/c1-13(15(17)18-12-11-16(2)3)9-10-14-7-5-4-6-8-14/h4-10H,1,11-12H2,2-3H3. The Labute approximate surface area is 108 Å². The Kier molecular flexibility index (Phi) is 5.88. The lowest BCUT2D eigenvalue weighted by molar-refractivity contribution is -0.138. The van der Waals surface area contributed by atoms with E-state index >= 15 is 0 Å². The van der Waals surface area contributed by atoms with Gasteiger partial charge in [-0.3, -0.25) is 0 Å². The van der Waals surface area contributed by atoms with Gasteiger partial charge >= 0.3 is 5.97 Å². The normalized spacial score (nSPS) is 10.8. The summed E-state index contributed by atoms with van der Waals surface area (Å²) in [5.74, 6) is -0.371. The summed E-state index contributed by atoms with van der Waals surface area (Å²) in [7, 11) is 3.86. The second-order valence-electron chi connectivity index (χ2n) is 4.21. The van der Waals surface area contributed by atoms with Gasteiger partial charge in [-0.05, 0) is 25.7 Å². The van der Waals surface area contributed by atoms with Crippen molar-refractivity contribution < 1.29 is 9.53 Å². The largest absolute Gasteiger partial charge is 0.461 e. The van der Waals surface area contributed by atoms with Crippen molar-refractivity contribution in [3.05, 3.63) is 54.1 Å². The van der Waals surface area contributed by atoms with Crippen molar-refractivity contribution >= 4 is 12.0 Å². The summed E-state index contributed by atoms with van der Waals surface area (Å²) in [5, 5.41) is 0. The van der Waals surface area contributed by atoms with Gasteiger partial charge in [-0.1, -0.05) is 43.0 Å². The van der Waals surface area contributed by atoms with Crippen LogP contribution in [0.1, 0.15) is 5.56 Å². The number of hydrogen-bond acceptors (Lipinski definition) is 3. The first-order valence-corrected chi connectivity index (χ1v) is 5.83. The van der Waals surface area contributed by atoms with Gasteiger partial charge in [0.2, 0.25) is 0 Å². The summed E-state index contributed by atoms with van der Waals surface area (Å²) in [6, 6.07) is 9.75. The second kappa shape index (κ2) is 7.45. The molecule has 0 aliphatic rings. The molecule has 0 N–H and O–H groups in total. The monoisotopic (exact) mass is 245 g/mol. The van der Waals surface area contributed by atoms with Crippen molar-refractivity contribution in [2.24, 2.45) is 0 Å². The van der Waals surface area contributed by atoms with Crippen LogP contribution in [0.3, 0.4) is 0 Å². The minimum atomic E-state index is -0.371. The molecule has 96 valence electrons. The highest BCUT2D eigenvalue weighted by molar-refractivity contribution is 5.92. The molecule has 0 atom stereocenters. The van der Waals surface area contributed by atoms with Gasteiger partial charge in [0.1, 0.15) is 6.61 Å². The van der Waals surface area contributed by atoms with Gasteiger partial charge in [0.05, 0.1) is 5.57 Å². The van der Waals surface area contributed by atoms with Crippen molar-refractivity contribution in [2.45, 2.75) is 0 Å². The van der Waals surface area contributed by atoms with E-state index in [1.165, 1.54) is 0 Å². The minimum absolute atomic E-state index is 0.359. The SMILES string of the molecule is C=C(C=Cc1ccccc1)C(=O)OCCN(C)C. The summed E-state index contributed by atoms with van der Waals surface area (Å²) in [6.45, 7) is 4.78. The summed E-state index contributed by atoms with van der Waals surface area (Å²) >= 11 is 0. The lowest BCUT2D eigenvalue weighted by Gasteiger charge is -2.09. The molecule has 0 bridgehead atoms. The fraction of sp³-hybridized carbons (Fsp3) is 0.267. The van der Waals surface area contributed by atoms with E-state index in [1.54, 1.807) is 6.08 Å². The Balaban J connectivity index is 2.41. The first-order chi connectivity index (χ1) is 8.59. The molecule has 0 spiro atoms. The zero-order valence-corrected chi connectivity index (χ0v) is 10.9. The van der Waals surface area contributed by atoms with E-state index < -0.39 is 0 Å². The van der Waals surface area contributed by atoms with Crippen LogP contribution in [0.4, 0.5) is 0 Å². The highest BCUT2D eigenvalue weighted by atomic mass is 16.5.